The van der Waals surface area contributed by atoms with Gasteiger partial charge in [0.05, 0.1) is 22.9 Å². The predicted octanol–water partition coefficient (Wildman–Crippen LogP) is 2.53. The highest BCUT2D eigenvalue weighted by atomic mass is 16.1. The van der Waals surface area contributed by atoms with Crippen LogP contribution in [-0.4, -0.2) is 32.2 Å². The lowest BCUT2D eigenvalue weighted by molar-refractivity contribution is 0.347. The first-order valence-corrected chi connectivity index (χ1v) is 10.2. The molecule has 1 aliphatic heterocycles. The summed E-state index contributed by atoms with van der Waals surface area (Å²) < 4.78 is 3.36. The fourth-order valence-electron chi connectivity index (χ4n) is 3.98. The van der Waals surface area contributed by atoms with Crippen molar-refractivity contribution in [3.05, 3.63) is 63.1 Å². The summed E-state index contributed by atoms with van der Waals surface area (Å²) in [7, 11) is 1.78. The van der Waals surface area contributed by atoms with Crippen molar-refractivity contribution in [3.8, 4) is 0 Å². The molecule has 0 spiro atoms. The van der Waals surface area contributed by atoms with Gasteiger partial charge in [0, 0.05) is 32.7 Å². The summed E-state index contributed by atoms with van der Waals surface area (Å²) in [6, 6.07) is 9.11. The second-order valence-corrected chi connectivity index (χ2v) is 8.18. The van der Waals surface area contributed by atoms with Crippen LogP contribution in [0.4, 0.5) is 5.95 Å². The van der Waals surface area contributed by atoms with Crippen LogP contribution in [0.2, 0.25) is 0 Å². The Morgan fingerprint density at radius 3 is 2.55 bits per heavy atom. The maximum absolute atomic E-state index is 12.7. The highest BCUT2D eigenvalue weighted by molar-refractivity contribution is 5.78. The molecule has 3 heterocycles. The highest BCUT2D eigenvalue weighted by Gasteiger charge is 2.23. The van der Waals surface area contributed by atoms with Crippen LogP contribution >= 0.6 is 0 Å². The molecule has 3 aromatic rings. The number of benzene rings is 1. The van der Waals surface area contributed by atoms with Crippen molar-refractivity contribution >= 4 is 16.9 Å². The molecule has 1 saturated heterocycles. The van der Waals surface area contributed by atoms with E-state index in [1.165, 1.54) is 0 Å². The van der Waals surface area contributed by atoms with Crippen LogP contribution in [0.3, 0.4) is 0 Å². The molecule has 2 aromatic heterocycles. The van der Waals surface area contributed by atoms with Gasteiger partial charge < -0.3 is 4.90 Å². The van der Waals surface area contributed by atoms with E-state index in [4.69, 9.17) is 4.98 Å². The molecule has 7 heteroatoms. The molecule has 0 bridgehead atoms. The fraction of sp³-hybridized carbons (Fsp3) is 0.455. The smallest absolute Gasteiger partial charge is 0.262 e. The van der Waals surface area contributed by atoms with Gasteiger partial charge in [0.2, 0.25) is 5.95 Å². The number of nitrogens with zero attached hydrogens (tertiary/aromatic N) is 5. The number of anilines is 1. The van der Waals surface area contributed by atoms with Crippen LogP contribution in [-0.2, 0) is 13.6 Å². The summed E-state index contributed by atoms with van der Waals surface area (Å²) in [5, 5.41) is 0.644. The van der Waals surface area contributed by atoms with E-state index in [9.17, 15) is 9.59 Å². The van der Waals surface area contributed by atoms with E-state index in [1.54, 1.807) is 28.6 Å². The number of para-hydroxylation sites is 1. The van der Waals surface area contributed by atoms with Gasteiger partial charge in [-0.05, 0) is 36.8 Å². The number of fused-ring (bicyclic) bond motifs is 1. The van der Waals surface area contributed by atoms with Gasteiger partial charge in [-0.3, -0.25) is 18.7 Å². The quantitative estimate of drug-likeness (QED) is 0.681. The third kappa shape index (κ3) is 3.81. The lowest BCUT2D eigenvalue weighted by atomic mass is 9.97. The highest BCUT2D eigenvalue weighted by Crippen LogP contribution is 2.23. The molecule has 29 heavy (non-hydrogen) atoms. The average molecular weight is 393 g/mol. The van der Waals surface area contributed by atoms with E-state index in [0.717, 1.165) is 37.1 Å². The first-order chi connectivity index (χ1) is 13.9. The van der Waals surface area contributed by atoms with Crippen molar-refractivity contribution in [1.29, 1.82) is 0 Å². The Bertz CT molecular complexity index is 1140. The van der Waals surface area contributed by atoms with Gasteiger partial charge >= 0.3 is 0 Å². The van der Waals surface area contributed by atoms with Gasteiger partial charge in [0.15, 0.2) is 0 Å². The van der Waals surface area contributed by atoms with Crippen LogP contribution in [0.25, 0.3) is 10.9 Å². The normalized spacial score (nSPS) is 15.4. The molecule has 0 aliphatic carbocycles. The second kappa shape index (κ2) is 7.81. The fourth-order valence-corrected chi connectivity index (χ4v) is 3.98. The van der Waals surface area contributed by atoms with Crippen LogP contribution in [0, 0.1) is 5.92 Å². The zero-order valence-corrected chi connectivity index (χ0v) is 17.2. The Balaban J connectivity index is 1.48. The molecule has 152 valence electrons. The van der Waals surface area contributed by atoms with Gasteiger partial charge in [0.1, 0.15) is 0 Å². The lowest BCUT2D eigenvalue weighted by Crippen LogP contribution is -2.39. The second-order valence-electron chi connectivity index (χ2n) is 8.18. The molecule has 0 radical (unpaired) electrons. The van der Waals surface area contributed by atoms with Gasteiger partial charge in [-0.1, -0.05) is 26.0 Å². The number of aromatic nitrogens is 4. The summed E-state index contributed by atoms with van der Waals surface area (Å²) in [5.41, 5.74) is 1.57. The van der Waals surface area contributed by atoms with Crippen molar-refractivity contribution in [1.82, 2.24) is 19.1 Å². The summed E-state index contributed by atoms with van der Waals surface area (Å²) >= 11 is 0. The Morgan fingerprint density at radius 1 is 1.14 bits per heavy atom. The average Bonchev–Trinajstić information content (AvgIpc) is 2.72. The zero-order chi connectivity index (χ0) is 20.5. The molecule has 1 fully saturated rings. The SMILES string of the molecule is CC(C)c1cc(=O)n(CC2CCN(c3nc4ccccc4c(=O)n3C)CC2)cn1. The molecule has 7 nitrogen and oxygen atoms in total. The monoisotopic (exact) mass is 393 g/mol. The third-order valence-corrected chi connectivity index (χ3v) is 5.80. The van der Waals surface area contributed by atoms with E-state index in [1.807, 2.05) is 38.1 Å². The summed E-state index contributed by atoms with van der Waals surface area (Å²) in [4.78, 5) is 36.4. The number of rotatable bonds is 4. The Labute approximate surface area is 169 Å². The lowest BCUT2D eigenvalue weighted by Gasteiger charge is -2.33. The van der Waals surface area contributed by atoms with E-state index < -0.39 is 0 Å². The molecule has 4 rings (SSSR count). The largest absolute Gasteiger partial charge is 0.342 e. The maximum Gasteiger partial charge on any atom is 0.262 e. The van der Waals surface area contributed by atoms with Gasteiger partial charge in [-0.2, -0.15) is 0 Å². The first kappa shape index (κ1) is 19.4. The van der Waals surface area contributed by atoms with Crippen molar-refractivity contribution in [2.24, 2.45) is 13.0 Å². The minimum absolute atomic E-state index is 0.0180. The molecular weight excluding hydrogens is 366 g/mol. The van der Waals surface area contributed by atoms with Crippen molar-refractivity contribution < 1.29 is 0 Å². The molecule has 0 saturated carbocycles. The van der Waals surface area contributed by atoms with Gasteiger partial charge in [-0.15, -0.1) is 0 Å². The van der Waals surface area contributed by atoms with Crippen molar-refractivity contribution in [2.45, 2.75) is 39.2 Å². The van der Waals surface area contributed by atoms with Gasteiger partial charge in [-0.25, -0.2) is 9.97 Å². The minimum atomic E-state index is -0.0180. The van der Waals surface area contributed by atoms with Crippen LogP contribution in [0.5, 0.6) is 0 Å². The number of piperidine rings is 1. The maximum atomic E-state index is 12.7. The predicted molar refractivity (Wildman–Crippen MR) is 115 cm³/mol. The topological polar surface area (TPSA) is 73.0 Å². The molecular formula is C22H27N5O2. The molecule has 0 unspecified atom stereocenters. The van der Waals surface area contributed by atoms with Crippen LogP contribution in [0.1, 0.15) is 38.3 Å². The number of hydrogen-bond acceptors (Lipinski definition) is 5. The Morgan fingerprint density at radius 2 is 1.86 bits per heavy atom. The van der Waals surface area contributed by atoms with E-state index in [0.29, 0.717) is 23.8 Å². The molecule has 0 N–H and O–H groups in total. The molecule has 1 aliphatic rings. The standard InChI is InChI=1S/C22H27N5O2/c1-15(2)19-12-20(28)27(14-23-19)13-16-8-10-26(11-9-16)22-24-18-7-5-4-6-17(18)21(29)25(22)3/h4-7,12,14-16H,8-11,13H2,1-3H3. The summed E-state index contributed by atoms with van der Waals surface area (Å²) in [6.07, 6.45) is 3.57. The first-order valence-electron chi connectivity index (χ1n) is 10.2. The number of hydrogen-bond donors (Lipinski definition) is 0. The summed E-state index contributed by atoms with van der Waals surface area (Å²) in [5.74, 6) is 1.38. The summed E-state index contributed by atoms with van der Waals surface area (Å²) in [6.45, 7) is 6.39. The molecule has 0 atom stereocenters. The Hall–Kier alpha value is -2.96. The minimum Gasteiger partial charge on any atom is -0.342 e. The Kier molecular flexibility index (Phi) is 5.22. The molecule has 1 aromatic carbocycles. The third-order valence-electron chi connectivity index (χ3n) is 5.80. The van der Waals surface area contributed by atoms with Crippen LogP contribution in [0.15, 0.2) is 46.2 Å². The van der Waals surface area contributed by atoms with Gasteiger partial charge in [0.25, 0.3) is 11.1 Å². The van der Waals surface area contributed by atoms with E-state index >= 15 is 0 Å². The van der Waals surface area contributed by atoms with Crippen molar-refractivity contribution in [3.63, 3.8) is 0 Å². The van der Waals surface area contributed by atoms with E-state index in [2.05, 4.69) is 9.88 Å². The van der Waals surface area contributed by atoms with E-state index in [-0.39, 0.29) is 17.0 Å². The van der Waals surface area contributed by atoms with Crippen LogP contribution < -0.4 is 16.0 Å². The van der Waals surface area contributed by atoms with Crippen molar-refractivity contribution in [2.75, 3.05) is 18.0 Å². The zero-order valence-electron chi connectivity index (χ0n) is 17.2. The molecule has 0 amide bonds.